The zero-order valence-corrected chi connectivity index (χ0v) is 12.5. The van der Waals surface area contributed by atoms with E-state index in [9.17, 15) is 4.79 Å². The average Bonchev–Trinajstić information content (AvgIpc) is 2.89. The van der Waals surface area contributed by atoms with Gasteiger partial charge >= 0.3 is 0 Å². The highest BCUT2D eigenvalue weighted by Crippen LogP contribution is 2.27. The molecule has 2 aromatic heterocycles. The summed E-state index contributed by atoms with van der Waals surface area (Å²) >= 11 is 6.06. The number of hydrogen-bond acceptors (Lipinski definition) is 2. The number of fused-ring (bicyclic) bond motifs is 4. The van der Waals surface area contributed by atoms with Gasteiger partial charge in [0.2, 0.25) is 0 Å². The molecule has 5 rings (SSSR count). The number of halogens is 1. The number of hydrogen-bond donors (Lipinski definition) is 1. The minimum absolute atomic E-state index is 0.0218. The molecule has 3 aliphatic rings. The molecule has 1 atom stereocenters. The number of carbonyl (C=O) groups excluding carboxylic acids is 1. The lowest BCUT2D eigenvalue weighted by molar-refractivity contribution is 0.0620. The Morgan fingerprint density at radius 1 is 1.24 bits per heavy atom. The Balaban J connectivity index is 1.53. The Morgan fingerprint density at radius 3 is 2.76 bits per heavy atom. The van der Waals surface area contributed by atoms with Crippen molar-refractivity contribution in [2.45, 2.75) is 18.9 Å². The van der Waals surface area contributed by atoms with Crippen LogP contribution in [0.4, 0.5) is 0 Å². The van der Waals surface area contributed by atoms with Crippen LogP contribution in [0.3, 0.4) is 0 Å². The molecule has 0 aromatic carbocycles. The van der Waals surface area contributed by atoms with Gasteiger partial charge in [0, 0.05) is 29.9 Å². The van der Waals surface area contributed by atoms with Gasteiger partial charge in [0.15, 0.2) is 0 Å². The summed E-state index contributed by atoms with van der Waals surface area (Å²) in [5, 5.41) is 3.88. The van der Waals surface area contributed by atoms with E-state index in [0.717, 1.165) is 12.1 Å². The van der Waals surface area contributed by atoms with E-state index in [-0.39, 0.29) is 5.91 Å². The van der Waals surface area contributed by atoms with Gasteiger partial charge in [0.1, 0.15) is 5.15 Å². The van der Waals surface area contributed by atoms with Crippen LogP contribution in [-0.2, 0) is 0 Å². The van der Waals surface area contributed by atoms with Crippen LogP contribution in [0.5, 0.6) is 0 Å². The molecular formula is C16H18ClN3O. The molecule has 3 fully saturated rings. The Hall–Kier alpha value is -1.52. The van der Waals surface area contributed by atoms with E-state index >= 15 is 0 Å². The number of nitrogens with zero attached hydrogens (tertiary/aromatic N) is 2. The largest absolute Gasteiger partial charge is 0.348 e. The van der Waals surface area contributed by atoms with Crippen molar-refractivity contribution in [1.82, 2.24) is 14.6 Å². The third-order valence-electron chi connectivity index (χ3n) is 4.84. The van der Waals surface area contributed by atoms with Crippen molar-refractivity contribution in [3.8, 4) is 0 Å². The van der Waals surface area contributed by atoms with Crippen LogP contribution in [0, 0.1) is 5.92 Å². The summed E-state index contributed by atoms with van der Waals surface area (Å²) in [4.78, 5) is 14.9. The first-order chi connectivity index (χ1) is 10.2. The molecule has 2 bridgehead atoms. The minimum atomic E-state index is 0.0218. The summed E-state index contributed by atoms with van der Waals surface area (Å²) in [5.41, 5.74) is 1.65. The van der Waals surface area contributed by atoms with Crippen LogP contribution in [0.2, 0.25) is 5.15 Å². The number of carbonyl (C=O) groups is 1. The van der Waals surface area contributed by atoms with Gasteiger partial charge in [0.25, 0.3) is 5.91 Å². The van der Waals surface area contributed by atoms with Crippen LogP contribution >= 0.6 is 11.6 Å². The number of rotatable bonds is 2. The van der Waals surface area contributed by atoms with Crippen molar-refractivity contribution in [3.63, 3.8) is 0 Å². The molecule has 1 N–H and O–H groups in total. The first kappa shape index (κ1) is 13.2. The quantitative estimate of drug-likeness (QED) is 0.925. The summed E-state index contributed by atoms with van der Waals surface area (Å²) in [7, 11) is 0. The number of aromatic nitrogens is 1. The van der Waals surface area contributed by atoms with Crippen molar-refractivity contribution < 1.29 is 4.79 Å². The third-order valence-corrected chi connectivity index (χ3v) is 5.15. The Kier molecular flexibility index (Phi) is 3.16. The third kappa shape index (κ3) is 2.32. The molecule has 4 nitrogen and oxygen atoms in total. The SMILES string of the molecule is O=C(NC1CN2CCC1CC2)c1ccn2c(Cl)ccc2c1. The molecule has 5 heteroatoms. The number of amides is 1. The van der Waals surface area contributed by atoms with Gasteiger partial charge in [-0.05, 0) is 56.1 Å². The Bertz CT molecular complexity index is 688. The van der Waals surface area contributed by atoms with Crippen molar-refractivity contribution >= 4 is 23.0 Å². The van der Waals surface area contributed by atoms with Crippen molar-refractivity contribution in [2.75, 3.05) is 19.6 Å². The molecule has 1 amide bonds. The molecule has 0 spiro atoms. The molecule has 0 radical (unpaired) electrons. The predicted octanol–water partition coefficient (Wildman–Crippen LogP) is 2.42. The van der Waals surface area contributed by atoms with Crippen LogP contribution in [0.1, 0.15) is 23.2 Å². The second kappa shape index (κ2) is 5.04. The molecular weight excluding hydrogens is 286 g/mol. The van der Waals surface area contributed by atoms with Gasteiger partial charge < -0.3 is 14.6 Å². The molecule has 1 unspecified atom stereocenters. The smallest absolute Gasteiger partial charge is 0.251 e. The minimum Gasteiger partial charge on any atom is -0.348 e. The van der Waals surface area contributed by atoms with Gasteiger partial charge in [-0.2, -0.15) is 0 Å². The molecule has 110 valence electrons. The highest BCUT2D eigenvalue weighted by Gasteiger charge is 2.34. The summed E-state index contributed by atoms with van der Waals surface area (Å²) in [6.45, 7) is 3.37. The maximum Gasteiger partial charge on any atom is 0.251 e. The highest BCUT2D eigenvalue weighted by molar-refractivity contribution is 6.30. The van der Waals surface area contributed by atoms with Gasteiger partial charge in [-0.1, -0.05) is 11.6 Å². The van der Waals surface area contributed by atoms with Crippen molar-refractivity contribution in [3.05, 3.63) is 41.2 Å². The van der Waals surface area contributed by atoms with E-state index in [0.29, 0.717) is 22.7 Å². The number of piperidine rings is 3. The van der Waals surface area contributed by atoms with Gasteiger partial charge in [0.05, 0.1) is 0 Å². The van der Waals surface area contributed by atoms with Crippen molar-refractivity contribution in [1.29, 1.82) is 0 Å². The van der Waals surface area contributed by atoms with Gasteiger partial charge in [-0.3, -0.25) is 4.79 Å². The van der Waals surface area contributed by atoms with Crippen LogP contribution < -0.4 is 5.32 Å². The standard InChI is InChI=1S/C16H18ClN3O/c17-15-2-1-13-9-12(5-8-20(13)15)16(21)18-14-10-19-6-3-11(14)4-7-19/h1-2,5,8-9,11,14H,3-4,6-7,10H2,(H,18,21). The summed E-state index contributed by atoms with van der Waals surface area (Å²) in [5.74, 6) is 0.666. The van der Waals surface area contributed by atoms with E-state index in [1.165, 1.54) is 25.9 Å². The molecule has 2 aromatic rings. The lowest BCUT2D eigenvalue weighted by Gasteiger charge is -2.44. The zero-order chi connectivity index (χ0) is 14.4. The summed E-state index contributed by atoms with van der Waals surface area (Å²) in [6, 6.07) is 7.78. The lowest BCUT2D eigenvalue weighted by Crippen LogP contribution is -2.57. The average molecular weight is 304 g/mol. The normalized spacial score (nSPS) is 28.0. The van der Waals surface area contributed by atoms with Crippen molar-refractivity contribution in [2.24, 2.45) is 5.92 Å². The van der Waals surface area contributed by atoms with Gasteiger partial charge in [-0.15, -0.1) is 0 Å². The number of nitrogens with one attached hydrogen (secondary N) is 1. The maximum atomic E-state index is 12.5. The van der Waals surface area contributed by atoms with E-state index in [4.69, 9.17) is 11.6 Å². The van der Waals surface area contributed by atoms with E-state index < -0.39 is 0 Å². The molecule has 3 aliphatic heterocycles. The fraction of sp³-hybridized carbons (Fsp3) is 0.438. The van der Waals surface area contributed by atoms with E-state index in [1.807, 2.05) is 34.9 Å². The highest BCUT2D eigenvalue weighted by atomic mass is 35.5. The van der Waals surface area contributed by atoms with Crippen LogP contribution in [-0.4, -0.2) is 40.9 Å². The summed E-state index contributed by atoms with van der Waals surface area (Å²) < 4.78 is 1.87. The Morgan fingerprint density at radius 2 is 2.05 bits per heavy atom. The fourth-order valence-corrected chi connectivity index (χ4v) is 3.81. The predicted molar refractivity (Wildman–Crippen MR) is 82.8 cm³/mol. The van der Waals surface area contributed by atoms with E-state index in [2.05, 4.69) is 10.2 Å². The molecule has 0 aliphatic carbocycles. The van der Waals surface area contributed by atoms with Gasteiger partial charge in [-0.25, -0.2) is 0 Å². The lowest BCUT2D eigenvalue weighted by atomic mass is 9.84. The first-order valence-electron chi connectivity index (χ1n) is 7.50. The monoisotopic (exact) mass is 303 g/mol. The topological polar surface area (TPSA) is 36.8 Å². The first-order valence-corrected chi connectivity index (χ1v) is 7.88. The Labute approximate surface area is 128 Å². The van der Waals surface area contributed by atoms with Crippen LogP contribution in [0.25, 0.3) is 5.52 Å². The number of pyridine rings is 1. The maximum absolute atomic E-state index is 12.5. The fourth-order valence-electron chi connectivity index (χ4n) is 3.60. The zero-order valence-electron chi connectivity index (χ0n) is 11.8. The molecule has 3 saturated heterocycles. The molecule has 5 heterocycles. The van der Waals surface area contributed by atoms with Crippen LogP contribution in [0.15, 0.2) is 30.5 Å². The molecule has 21 heavy (non-hydrogen) atoms. The van der Waals surface area contributed by atoms with E-state index in [1.54, 1.807) is 0 Å². The molecule has 0 saturated carbocycles. The second-order valence-electron chi connectivity index (χ2n) is 6.08. The second-order valence-corrected chi connectivity index (χ2v) is 6.47. The summed E-state index contributed by atoms with van der Waals surface area (Å²) in [6.07, 6.45) is 4.26.